The first-order valence-corrected chi connectivity index (χ1v) is 6.32. The van der Waals surface area contributed by atoms with E-state index in [1.54, 1.807) is 0 Å². The molecule has 1 aliphatic heterocycles. The molecule has 19 heavy (non-hydrogen) atoms. The summed E-state index contributed by atoms with van der Waals surface area (Å²) in [4.78, 5) is 2.30. The minimum Gasteiger partial charge on any atom is -1.00 e. The van der Waals surface area contributed by atoms with Crippen LogP contribution in [-0.2, 0) is 16.1 Å². The lowest BCUT2D eigenvalue weighted by Crippen LogP contribution is -3.00. The molecule has 0 saturated carbocycles. The van der Waals surface area contributed by atoms with E-state index >= 15 is 0 Å². The van der Waals surface area contributed by atoms with Gasteiger partial charge in [0.05, 0.1) is 26.4 Å². The minimum absolute atomic E-state index is 0. The highest BCUT2D eigenvalue weighted by Crippen LogP contribution is 1.99. The van der Waals surface area contributed by atoms with E-state index in [1.165, 1.54) is 5.56 Å². The van der Waals surface area contributed by atoms with E-state index in [9.17, 15) is 0 Å². The van der Waals surface area contributed by atoms with Gasteiger partial charge in [-0.15, -0.1) is 0 Å². The zero-order chi connectivity index (χ0) is 12.5. The molecule has 0 aliphatic carbocycles. The molecule has 4 heteroatoms. The Morgan fingerprint density at radius 2 is 1.84 bits per heavy atom. The van der Waals surface area contributed by atoms with Crippen molar-refractivity contribution in [2.24, 2.45) is 0 Å². The highest BCUT2D eigenvalue weighted by molar-refractivity contribution is 5.13. The van der Waals surface area contributed by atoms with Gasteiger partial charge in [-0.05, 0) is 5.56 Å². The van der Waals surface area contributed by atoms with Crippen molar-refractivity contribution in [2.45, 2.75) is 6.61 Å². The van der Waals surface area contributed by atoms with Crippen LogP contribution >= 0.6 is 0 Å². The molecule has 1 saturated heterocycles. The summed E-state index contributed by atoms with van der Waals surface area (Å²) in [5.41, 5.74) is 1.19. The SMILES string of the molecule is C(#CCN1CCOCC1)COCc1ccccc1.[Cl-]. The minimum atomic E-state index is 0. The smallest absolute Gasteiger partial charge is 0.108 e. The predicted octanol–water partition coefficient (Wildman–Crippen LogP) is -1.46. The van der Waals surface area contributed by atoms with Crippen molar-refractivity contribution < 1.29 is 21.9 Å². The molecular weight excluding hydrogens is 262 g/mol. The largest absolute Gasteiger partial charge is 1.00 e. The van der Waals surface area contributed by atoms with E-state index < -0.39 is 0 Å². The maximum absolute atomic E-state index is 5.49. The van der Waals surface area contributed by atoms with E-state index in [-0.39, 0.29) is 12.4 Å². The number of benzene rings is 1. The molecule has 104 valence electrons. The molecule has 2 rings (SSSR count). The third-order valence-electron chi connectivity index (χ3n) is 2.82. The molecule has 0 N–H and O–H groups in total. The lowest BCUT2D eigenvalue weighted by Gasteiger charge is -2.24. The topological polar surface area (TPSA) is 21.7 Å². The van der Waals surface area contributed by atoms with Crippen molar-refractivity contribution in [1.29, 1.82) is 0 Å². The molecule has 0 atom stereocenters. The van der Waals surface area contributed by atoms with Crippen LogP contribution in [0.4, 0.5) is 0 Å². The van der Waals surface area contributed by atoms with Crippen LogP contribution in [0.3, 0.4) is 0 Å². The van der Waals surface area contributed by atoms with Gasteiger partial charge < -0.3 is 21.9 Å². The van der Waals surface area contributed by atoms with Crippen LogP contribution in [0.5, 0.6) is 0 Å². The first-order valence-electron chi connectivity index (χ1n) is 6.32. The van der Waals surface area contributed by atoms with Crippen molar-refractivity contribution in [2.75, 3.05) is 39.5 Å². The fraction of sp³-hybridized carbons (Fsp3) is 0.467. The van der Waals surface area contributed by atoms with Crippen molar-refractivity contribution in [3.8, 4) is 11.8 Å². The molecule has 0 amide bonds. The van der Waals surface area contributed by atoms with Gasteiger partial charge in [-0.1, -0.05) is 42.2 Å². The van der Waals surface area contributed by atoms with Crippen LogP contribution in [0.25, 0.3) is 0 Å². The van der Waals surface area contributed by atoms with Crippen LogP contribution in [0.2, 0.25) is 0 Å². The molecule has 1 heterocycles. The Hall–Kier alpha value is -1.05. The van der Waals surface area contributed by atoms with Gasteiger partial charge in [0.2, 0.25) is 0 Å². The van der Waals surface area contributed by atoms with Gasteiger partial charge in [0.25, 0.3) is 0 Å². The lowest BCUT2D eigenvalue weighted by atomic mass is 10.2. The fourth-order valence-corrected chi connectivity index (χ4v) is 1.77. The first kappa shape index (κ1) is 16.0. The van der Waals surface area contributed by atoms with Crippen LogP contribution in [0.1, 0.15) is 5.56 Å². The molecule has 0 radical (unpaired) electrons. The van der Waals surface area contributed by atoms with Crippen LogP contribution in [-0.4, -0.2) is 44.4 Å². The highest BCUT2D eigenvalue weighted by Gasteiger charge is 2.07. The predicted molar refractivity (Wildman–Crippen MR) is 71.1 cm³/mol. The van der Waals surface area contributed by atoms with Crippen molar-refractivity contribution in [3.05, 3.63) is 35.9 Å². The second-order valence-corrected chi connectivity index (χ2v) is 4.22. The van der Waals surface area contributed by atoms with E-state index in [2.05, 4.69) is 28.9 Å². The summed E-state index contributed by atoms with van der Waals surface area (Å²) in [7, 11) is 0. The summed E-state index contributed by atoms with van der Waals surface area (Å²) < 4.78 is 10.8. The van der Waals surface area contributed by atoms with E-state index in [0.29, 0.717) is 13.2 Å². The van der Waals surface area contributed by atoms with E-state index in [0.717, 1.165) is 32.8 Å². The second kappa shape index (κ2) is 9.82. The molecule has 1 aliphatic rings. The Bertz CT molecular complexity index is 394. The Balaban J connectivity index is 0.00000180. The van der Waals surface area contributed by atoms with Gasteiger partial charge in [0.15, 0.2) is 0 Å². The van der Waals surface area contributed by atoms with Crippen LogP contribution in [0, 0.1) is 11.8 Å². The van der Waals surface area contributed by atoms with Crippen LogP contribution in [0.15, 0.2) is 30.3 Å². The summed E-state index contributed by atoms with van der Waals surface area (Å²) in [6.07, 6.45) is 0. The number of ether oxygens (including phenoxy) is 2. The van der Waals surface area contributed by atoms with Gasteiger partial charge in [-0.25, -0.2) is 0 Å². The second-order valence-electron chi connectivity index (χ2n) is 4.22. The summed E-state index contributed by atoms with van der Waals surface area (Å²) in [5.74, 6) is 6.18. The zero-order valence-corrected chi connectivity index (χ0v) is 11.7. The summed E-state index contributed by atoms with van der Waals surface area (Å²) in [6.45, 7) is 5.57. The Morgan fingerprint density at radius 1 is 1.11 bits per heavy atom. The number of hydrogen-bond acceptors (Lipinski definition) is 3. The number of hydrogen-bond donors (Lipinski definition) is 0. The van der Waals surface area contributed by atoms with Gasteiger partial charge in [-0.3, -0.25) is 4.90 Å². The van der Waals surface area contributed by atoms with Crippen molar-refractivity contribution in [1.82, 2.24) is 4.90 Å². The average Bonchev–Trinajstić information content (AvgIpc) is 2.45. The third-order valence-corrected chi connectivity index (χ3v) is 2.82. The fourth-order valence-electron chi connectivity index (χ4n) is 1.77. The van der Waals surface area contributed by atoms with Gasteiger partial charge >= 0.3 is 0 Å². The maximum Gasteiger partial charge on any atom is 0.108 e. The monoisotopic (exact) mass is 280 g/mol. The molecule has 0 spiro atoms. The number of morpholine rings is 1. The molecule has 3 nitrogen and oxygen atoms in total. The van der Waals surface area contributed by atoms with Crippen molar-refractivity contribution >= 4 is 0 Å². The normalized spacial score (nSPS) is 15.2. The van der Waals surface area contributed by atoms with E-state index in [1.807, 2.05) is 18.2 Å². The lowest BCUT2D eigenvalue weighted by molar-refractivity contribution is -0.00000556. The number of halogens is 1. The standard InChI is InChI=1S/C15H19NO2.ClH/c1-2-6-15(7-3-1)14-18-11-5-4-8-16-9-12-17-13-10-16;/h1-3,6-7H,8-14H2;1H/p-1. The maximum atomic E-state index is 5.49. The van der Waals surface area contributed by atoms with Gasteiger partial charge in [-0.2, -0.15) is 0 Å². The quantitative estimate of drug-likeness (QED) is 0.497. The van der Waals surface area contributed by atoms with Gasteiger partial charge in [0, 0.05) is 13.1 Å². The van der Waals surface area contributed by atoms with E-state index in [4.69, 9.17) is 9.47 Å². The Kier molecular flexibility index (Phi) is 8.28. The number of nitrogens with zero attached hydrogens (tertiary/aromatic N) is 1. The zero-order valence-electron chi connectivity index (χ0n) is 11.0. The Morgan fingerprint density at radius 3 is 2.58 bits per heavy atom. The van der Waals surface area contributed by atoms with Crippen molar-refractivity contribution in [3.63, 3.8) is 0 Å². The summed E-state index contributed by atoms with van der Waals surface area (Å²) in [6, 6.07) is 10.2. The molecular formula is C15H19ClNO2-. The molecule has 1 aromatic carbocycles. The summed E-state index contributed by atoms with van der Waals surface area (Å²) >= 11 is 0. The summed E-state index contributed by atoms with van der Waals surface area (Å²) in [5, 5.41) is 0. The Labute approximate surface area is 121 Å². The van der Waals surface area contributed by atoms with Crippen LogP contribution < -0.4 is 12.4 Å². The number of rotatable bonds is 4. The average molecular weight is 281 g/mol. The van der Waals surface area contributed by atoms with Gasteiger partial charge in [0.1, 0.15) is 6.61 Å². The first-order chi connectivity index (χ1) is 8.95. The molecule has 0 aromatic heterocycles. The molecule has 0 unspecified atom stereocenters. The molecule has 1 fully saturated rings. The molecule has 0 bridgehead atoms. The third kappa shape index (κ3) is 6.60. The molecule has 1 aromatic rings. The highest BCUT2D eigenvalue weighted by atomic mass is 35.5.